The predicted molar refractivity (Wildman–Crippen MR) is 103 cm³/mol. The van der Waals surface area contributed by atoms with Gasteiger partial charge in [0.1, 0.15) is 5.82 Å². The monoisotopic (exact) mass is 351 g/mol. The van der Waals surface area contributed by atoms with Crippen LogP contribution in [0.15, 0.2) is 36.7 Å². The summed E-state index contributed by atoms with van der Waals surface area (Å²) in [6.07, 6.45) is 4.25. The number of imidazole rings is 1. The number of benzene rings is 1. The Kier molecular flexibility index (Phi) is 5.63. The molecule has 3 rings (SSSR count). The summed E-state index contributed by atoms with van der Waals surface area (Å²) in [6, 6.07) is 8.06. The van der Waals surface area contributed by atoms with Crippen molar-refractivity contribution in [2.24, 2.45) is 0 Å². The van der Waals surface area contributed by atoms with Crippen molar-refractivity contribution in [3.05, 3.63) is 59.2 Å². The lowest BCUT2D eigenvalue weighted by Crippen LogP contribution is -2.35. The molecule has 6 heteroatoms. The molecule has 1 aromatic carbocycles. The van der Waals surface area contributed by atoms with Gasteiger partial charge in [0, 0.05) is 31.9 Å². The van der Waals surface area contributed by atoms with Crippen molar-refractivity contribution in [2.45, 2.75) is 26.8 Å². The maximum absolute atomic E-state index is 12.1. The van der Waals surface area contributed by atoms with Crippen molar-refractivity contribution in [1.82, 2.24) is 25.2 Å². The molecule has 0 saturated heterocycles. The summed E-state index contributed by atoms with van der Waals surface area (Å²) >= 11 is 0. The molecule has 2 heterocycles. The molecular formula is C20H25N5O. The second kappa shape index (κ2) is 8.10. The Hall–Kier alpha value is -2.73. The van der Waals surface area contributed by atoms with Gasteiger partial charge in [0.2, 0.25) is 5.91 Å². The zero-order valence-electron chi connectivity index (χ0n) is 15.5. The van der Waals surface area contributed by atoms with Crippen LogP contribution in [0.4, 0.5) is 0 Å². The average molecular weight is 351 g/mol. The van der Waals surface area contributed by atoms with Crippen LogP contribution >= 0.6 is 0 Å². The summed E-state index contributed by atoms with van der Waals surface area (Å²) in [4.78, 5) is 26.2. The number of rotatable bonds is 7. The number of pyridine rings is 1. The molecule has 0 aliphatic rings. The third-order valence-electron chi connectivity index (χ3n) is 4.50. The van der Waals surface area contributed by atoms with Gasteiger partial charge in [-0.25, -0.2) is 4.98 Å². The van der Waals surface area contributed by atoms with Gasteiger partial charge in [-0.15, -0.1) is 0 Å². The van der Waals surface area contributed by atoms with E-state index in [9.17, 15) is 4.79 Å². The summed E-state index contributed by atoms with van der Waals surface area (Å²) in [5.74, 6) is 0.914. The van der Waals surface area contributed by atoms with Crippen LogP contribution in [0.1, 0.15) is 22.5 Å². The van der Waals surface area contributed by atoms with Gasteiger partial charge >= 0.3 is 0 Å². The van der Waals surface area contributed by atoms with Gasteiger partial charge in [0.15, 0.2) is 0 Å². The largest absolute Gasteiger partial charge is 0.355 e. The number of nitrogens with one attached hydrogen (secondary N) is 2. The third kappa shape index (κ3) is 4.46. The number of nitrogens with zero attached hydrogens (tertiary/aromatic N) is 3. The fraction of sp³-hybridized carbons (Fsp3) is 0.350. The molecule has 0 saturated carbocycles. The van der Waals surface area contributed by atoms with Crippen molar-refractivity contribution < 1.29 is 4.79 Å². The Bertz CT molecular complexity index is 888. The minimum atomic E-state index is 0.0135. The fourth-order valence-corrected chi connectivity index (χ4v) is 2.96. The van der Waals surface area contributed by atoms with E-state index in [4.69, 9.17) is 0 Å². The van der Waals surface area contributed by atoms with E-state index in [2.05, 4.69) is 46.2 Å². The van der Waals surface area contributed by atoms with Crippen molar-refractivity contribution in [3.8, 4) is 0 Å². The molecule has 2 aromatic heterocycles. The molecule has 0 atom stereocenters. The van der Waals surface area contributed by atoms with E-state index < -0.39 is 0 Å². The van der Waals surface area contributed by atoms with Crippen LogP contribution in [0, 0.1) is 13.8 Å². The number of carbonyl (C=O) groups is 1. The molecule has 26 heavy (non-hydrogen) atoms. The maximum atomic E-state index is 12.1. The molecule has 0 aliphatic carbocycles. The molecule has 0 spiro atoms. The Morgan fingerprint density at radius 2 is 2.12 bits per heavy atom. The molecule has 6 nitrogen and oxygen atoms in total. The van der Waals surface area contributed by atoms with Gasteiger partial charge in [-0.1, -0.05) is 12.1 Å². The number of amides is 1. The van der Waals surface area contributed by atoms with E-state index in [1.807, 2.05) is 30.3 Å². The highest BCUT2D eigenvalue weighted by Crippen LogP contribution is 2.19. The lowest BCUT2D eigenvalue weighted by atomic mass is 10.1. The van der Waals surface area contributed by atoms with Crippen LogP contribution in [-0.2, 0) is 17.8 Å². The van der Waals surface area contributed by atoms with Crippen molar-refractivity contribution in [3.63, 3.8) is 0 Å². The summed E-state index contributed by atoms with van der Waals surface area (Å²) in [5, 5.41) is 2.96. The van der Waals surface area contributed by atoms with E-state index in [1.54, 1.807) is 6.20 Å². The molecule has 0 unspecified atom stereocenters. The van der Waals surface area contributed by atoms with Crippen LogP contribution in [0.3, 0.4) is 0 Å². The first-order valence-corrected chi connectivity index (χ1v) is 8.82. The predicted octanol–water partition coefficient (Wildman–Crippen LogP) is 2.37. The molecule has 3 aromatic rings. The Balaban J connectivity index is 1.47. The first-order chi connectivity index (χ1) is 12.5. The van der Waals surface area contributed by atoms with Crippen LogP contribution in [-0.4, -0.2) is 45.9 Å². The molecule has 136 valence electrons. The van der Waals surface area contributed by atoms with E-state index in [-0.39, 0.29) is 5.91 Å². The highest BCUT2D eigenvalue weighted by molar-refractivity contribution is 5.80. The molecule has 1 amide bonds. The van der Waals surface area contributed by atoms with Crippen molar-refractivity contribution in [2.75, 3.05) is 20.1 Å². The zero-order chi connectivity index (χ0) is 18.5. The summed E-state index contributed by atoms with van der Waals surface area (Å²) in [7, 11) is 1.93. The zero-order valence-corrected chi connectivity index (χ0v) is 15.5. The number of aromatic nitrogens is 3. The Morgan fingerprint density at radius 1 is 1.27 bits per heavy atom. The van der Waals surface area contributed by atoms with Gasteiger partial charge in [0.25, 0.3) is 0 Å². The van der Waals surface area contributed by atoms with Crippen molar-refractivity contribution in [1.29, 1.82) is 0 Å². The molecule has 0 fully saturated rings. The smallest absolute Gasteiger partial charge is 0.234 e. The number of fused-ring (bicyclic) bond motifs is 1. The quantitative estimate of drug-likeness (QED) is 0.685. The normalized spacial score (nSPS) is 11.2. The summed E-state index contributed by atoms with van der Waals surface area (Å²) in [5.41, 5.74) is 5.59. The fourth-order valence-electron chi connectivity index (χ4n) is 2.96. The Labute approximate surface area is 153 Å². The Morgan fingerprint density at radius 3 is 2.88 bits per heavy atom. The first kappa shape index (κ1) is 18.1. The standard InChI is InChI=1S/C20H25N5O/c1-14-6-7-17-20(15(14)2)24-18(23-17)8-10-22-19(26)13-25(3)12-16-5-4-9-21-11-16/h4-7,9,11H,8,10,12-13H2,1-3H3,(H,22,26)(H,23,24). The minimum absolute atomic E-state index is 0.0135. The van der Waals surface area contributed by atoms with Crippen LogP contribution < -0.4 is 5.32 Å². The van der Waals surface area contributed by atoms with Gasteiger partial charge < -0.3 is 10.3 Å². The SMILES string of the molecule is Cc1ccc2[nH]c(CCNC(=O)CN(C)Cc3cccnc3)nc2c1C. The van der Waals surface area contributed by atoms with E-state index in [0.717, 1.165) is 22.4 Å². The van der Waals surface area contributed by atoms with E-state index in [1.165, 1.54) is 11.1 Å². The molecule has 0 aliphatic heterocycles. The number of hydrogen-bond donors (Lipinski definition) is 2. The highest BCUT2D eigenvalue weighted by atomic mass is 16.2. The highest BCUT2D eigenvalue weighted by Gasteiger charge is 2.09. The molecule has 2 N–H and O–H groups in total. The molecule has 0 bridgehead atoms. The number of hydrogen-bond acceptors (Lipinski definition) is 4. The summed E-state index contributed by atoms with van der Waals surface area (Å²) in [6.45, 7) is 5.79. The lowest BCUT2D eigenvalue weighted by Gasteiger charge is -2.15. The third-order valence-corrected chi connectivity index (χ3v) is 4.50. The second-order valence-corrected chi connectivity index (χ2v) is 6.72. The topological polar surface area (TPSA) is 73.9 Å². The second-order valence-electron chi connectivity index (χ2n) is 6.72. The van der Waals surface area contributed by atoms with Crippen molar-refractivity contribution >= 4 is 16.9 Å². The van der Waals surface area contributed by atoms with Crippen LogP contribution in [0.2, 0.25) is 0 Å². The minimum Gasteiger partial charge on any atom is -0.355 e. The summed E-state index contributed by atoms with van der Waals surface area (Å²) < 4.78 is 0. The average Bonchev–Trinajstić information content (AvgIpc) is 3.03. The van der Waals surface area contributed by atoms with Gasteiger partial charge in [-0.05, 0) is 49.7 Å². The number of carbonyl (C=O) groups excluding carboxylic acids is 1. The lowest BCUT2D eigenvalue weighted by molar-refractivity contribution is -0.122. The number of H-pyrrole nitrogens is 1. The van der Waals surface area contributed by atoms with Gasteiger partial charge in [0.05, 0.1) is 17.6 Å². The number of aryl methyl sites for hydroxylation is 2. The first-order valence-electron chi connectivity index (χ1n) is 8.82. The van der Waals surface area contributed by atoms with Crippen LogP contribution in [0.25, 0.3) is 11.0 Å². The van der Waals surface area contributed by atoms with Crippen LogP contribution in [0.5, 0.6) is 0 Å². The van der Waals surface area contributed by atoms with Gasteiger partial charge in [-0.3, -0.25) is 14.7 Å². The van der Waals surface area contributed by atoms with E-state index >= 15 is 0 Å². The van der Waals surface area contributed by atoms with E-state index in [0.29, 0.717) is 26.1 Å². The molecule has 0 radical (unpaired) electrons. The number of aromatic amines is 1. The number of likely N-dealkylation sites (N-methyl/N-ethyl adjacent to an activating group) is 1. The maximum Gasteiger partial charge on any atom is 0.234 e. The molecular weight excluding hydrogens is 326 g/mol. The van der Waals surface area contributed by atoms with Gasteiger partial charge in [-0.2, -0.15) is 0 Å².